The summed E-state index contributed by atoms with van der Waals surface area (Å²) in [5, 5.41) is 0. The Morgan fingerprint density at radius 2 is 0.839 bits per heavy atom. The molecule has 0 atom stereocenters. The Labute approximate surface area is 200 Å². The van der Waals surface area contributed by atoms with Crippen LogP contribution in [0.5, 0.6) is 0 Å². The summed E-state index contributed by atoms with van der Waals surface area (Å²) in [5.41, 5.74) is 9.49. The molecule has 3 aromatic carbocycles. The number of hydrogen-bond donors (Lipinski definition) is 0. The molecule has 31 heavy (non-hydrogen) atoms. The van der Waals surface area contributed by atoms with Crippen LogP contribution in [0.25, 0.3) is 0 Å². The van der Waals surface area contributed by atoms with Gasteiger partial charge in [-0.25, -0.2) is 8.42 Å². The minimum atomic E-state index is -4.31. The van der Waals surface area contributed by atoms with Crippen molar-refractivity contribution in [3.05, 3.63) is 99.1 Å². The molecule has 0 fully saturated rings. The van der Waals surface area contributed by atoms with Crippen LogP contribution < -0.4 is 18.9 Å². The molecule has 0 aliphatic rings. The summed E-state index contributed by atoms with van der Waals surface area (Å²) in [4.78, 5) is -0.123. The van der Waals surface area contributed by atoms with Gasteiger partial charge in [-0.1, -0.05) is 59.7 Å². The van der Waals surface area contributed by atoms with Gasteiger partial charge in [-0.15, -0.1) is 0 Å². The molecular weight excluding hydrogens is 399 g/mol. The molecule has 3 rings (SSSR count). The van der Waals surface area contributed by atoms with Gasteiger partial charge < -0.3 is 4.55 Å². The molecule has 0 N–H and O–H groups in total. The molecule has 5 heteroatoms. The van der Waals surface area contributed by atoms with Gasteiger partial charge in [0.15, 0.2) is 0 Å². The summed E-state index contributed by atoms with van der Waals surface area (Å²) >= 11 is 0. The first-order chi connectivity index (χ1) is 13.8. The third-order valence-corrected chi connectivity index (χ3v) is 5.92. The second kappa shape index (κ2) is 12.9. The largest absolute Gasteiger partial charge is 1.00 e. The predicted octanol–water partition coefficient (Wildman–Crippen LogP) is 3.44. The SMILES string of the molecule is Cc1cc(C)c(C)cc1C.Cc1ccc(C)c(S(=O)(=O)[O-])c1.Cc1ccc(C)cc1.[Li+]. The predicted molar refractivity (Wildman–Crippen MR) is 125 cm³/mol. The average Bonchev–Trinajstić information content (AvgIpc) is 2.65. The molecule has 0 saturated carbocycles. The standard InChI is InChI=1S/C10H14.C8H10O3S.C8H10.Li/c1-7-5-9(3)10(4)6-8(7)2;1-6-3-4-7(2)8(5-6)12(9,10)11;1-7-3-5-8(2)6-4-7;/h5-6H,1-4H3;3-5H,1-2H3,(H,9,10,11);3-6H,1-2H3;/q;;;+1/p-1. The molecule has 0 saturated heterocycles. The van der Waals surface area contributed by atoms with Gasteiger partial charge in [0.25, 0.3) is 0 Å². The molecule has 0 radical (unpaired) electrons. The van der Waals surface area contributed by atoms with Crippen molar-refractivity contribution >= 4 is 10.1 Å². The van der Waals surface area contributed by atoms with Gasteiger partial charge in [-0.2, -0.15) is 0 Å². The van der Waals surface area contributed by atoms with Gasteiger partial charge in [-0.05, 0) is 94.8 Å². The molecule has 0 aromatic heterocycles. The van der Waals surface area contributed by atoms with Crippen molar-refractivity contribution in [1.82, 2.24) is 0 Å². The van der Waals surface area contributed by atoms with E-state index in [1.807, 2.05) is 0 Å². The smallest absolute Gasteiger partial charge is 0.744 e. The molecule has 3 aromatic rings. The van der Waals surface area contributed by atoms with Crippen molar-refractivity contribution in [1.29, 1.82) is 0 Å². The zero-order chi connectivity index (χ0) is 23.1. The van der Waals surface area contributed by atoms with E-state index < -0.39 is 10.1 Å². The van der Waals surface area contributed by atoms with Crippen LogP contribution in [0.2, 0.25) is 0 Å². The van der Waals surface area contributed by atoms with Crippen LogP contribution in [0, 0.1) is 55.4 Å². The van der Waals surface area contributed by atoms with Gasteiger partial charge in [0.05, 0.1) is 4.90 Å². The van der Waals surface area contributed by atoms with Crippen LogP contribution in [0.15, 0.2) is 59.5 Å². The zero-order valence-corrected chi connectivity index (χ0v) is 21.1. The fourth-order valence-corrected chi connectivity index (χ4v) is 3.51. The van der Waals surface area contributed by atoms with Crippen molar-refractivity contribution in [3.8, 4) is 0 Å². The van der Waals surface area contributed by atoms with E-state index in [0.29, 0.717) is 5.56 Å². The topological polar surface area (TPSA) is 57.2 Å². The second-order valence-corrected chi connectivity index (χ2v) is 9.25. The van der Waals surface area contributed by atoms with Crippen LogP contribution in [-0.2, 0) is 10.1 Å². The van der Waals surface area contributed by atoms with Gasteiger partial charge in [-0.3, -0.25) is 0 Å². The summed E-state index contributed by atoms with van der Waals surface area (Å²) in [6.07, 6.45) is 0. The maximum atomic E-state index is 10.7. The van der Waals surface area contributed by atoms with E-state index in [4.69, 9.17) is 0 Å². The van der Waals surface area contributed by atoms with Gasteiger partial charge in [0.1, 0.15) is 10.1 Å². The van der Waals surface area contributed by atoms with E-state index >= 15 is 0 Å². The molecule has 0 aliphatic heterocycles. The van der Waals surface area contributed by atoms with Crippen LogP contribution in [0.3, 0.4) is 0 Å². The third kappa shape index (κ3) is 10.4. The summed E-state index contributed by atoms with van der Waals surface area (Å²) in [7, 11) is -4.31. The third-order valence-electron chi connectivity index (χ3n) is 4.94. The Morgan fingerprint density at radius 1 is 0.516 bits per heavy atom. The second-order valence-electron chi connectivity index (χ2n) is 7.90. The van der Waals surface area contributed by atoms with Gasteiger partial charge >= 0.3 is 18.9 Å². The first-order valence-electron chi connectivity index (χ1n) is 9.92. The summed E-state index contributed by atoms with van der Waals surface area (Å²) in [6.45, 7) is 16.2. The Morgan fingerprint density at radius 3 is 1.13 bits per heavy atom. The minimum Gasteiger partial charge on any atom is -0.744 e. The first kappa shape index (κ1) is 29.2. The number of aryl methyl sites for hydroxylation is 8. The van der Waals surface area contributed by atoms with Crippen molar-refractivity contribution < 1.29 is 31.8 Å². The van der Waals surface area contributed by atoms with E-state index in [9.17, 15) is 13.0 Å². The fraction of sp³-hybridized carbons (Fsp3) is 0.308. The molecule has 0 spiro atoms. The van der Waals surface area contributed by atoms with E-state index in [2.05, 4.69) is 77.9 Å². The summed E-state index contributed by atoms with van der Waals surface area (Å²) < 4.78 is 32.0. The molecule has 0 amide bonds. The molecule has 0 unspecified atom stereocenters. The normalized spacial score (nSPS) is 10.1. The number of hydrogen-bond acceptors (Lipinski definition) is 3. The van der Waals surface area contributed by atoms with Gasteiger partial charge in [0, 0.05) is 0 Å². The van der Waals surface area contributed by atoms with Crippen LogP contribution in [0.4, 0.5) is 0 Å². The Bertz CT molecular complexity index is 1020. The molecular formula is C26H33LiO3S. The minimum absolute atomic E-state index is 0. The van der Waals surface area contributed by atoms with E-state index in [0.717, 1.165) is 5.56 Å². The quantitative estimate of drug-likeness (QED) is 0.437. The maximum absolute atomic E-state index is 10.7. The monoisotopic (exact) mass is 432 g/mol. The van der Waals surface area contributed by atoms with Crippen molar-refractivity contribution in [3.63, 3.8) is 0 Å². The van der Waals surface area contributed by atoms with Crippen molar-refractivity contribution in [2.75, 3.05) is 0 Å². The summed E-state index contributed by atoms with van der Waals surface area (Å²) in [5.74, 6) is 0. The van der Waals surface area contributed by atoms with Crippen LogP contribution in [-0.4, -0.2) is 13.0 Å². The molecule has 3 nitrogen and oxygen atoms in total. The first-order valence-corrected chi connectivity index (χ1v) is 11.3. The molecule has 162 valence electrons. The van der Waals surface area contributed by atoms with Crippen LogP contribution >= 0.6 is 0 Å². The fourth-order valence-electron chi connectivity index (χ4n) is 2.72. The Balaban J connectivity index is 0.000000437. The van der Waals surface area contributed by atoms with Crippen molar-refractivity contribution in [2.24, 2.45) is 0 Å². The van der Waals surface area contributed by atoms with E-state index in [1.54, 1.807) is 26.0 Å². The van der Waals surface area contributed by atoms with E-state index in [-0.39, 0.29) is 23.8 Å². The maximum Gasteiger partial charge on any atom is 1.00 e. The zero-order valence-electron chi connectivity index (χ0n) is 20.3. The number of benzene rings is 3. The number of rotatable bonds is 1. The summed E-state index contributed by atoms with van der Waals surface area (Å²) in [6, 6.07) is 17.7. The molecule has 0 heterocycles. The van der Waals surface area contributed by atoms with Crippen molar-refractivity contribution in [2.45, 2.75) is 60.3 Å². The van der Waals surface area contributed by atoms with Crippen LogP contribution in [0.1, 0.15) is 44.5 Å². The van der Waals surface area contributed by atoms with E-state index in [1.165, 1.54) is 39.4 Å². The van der Waals surface area contributed by atoms with Gasteiger partial charge in [0.2, 0.25) is 0 Å². The Hall–Kier alpha value is -1.83. The Kier molecular flexibility index (Phi) is 12.1. The average molecular weight is 433 g/mol. The molecule has 0 bridgehead atoms. The molecule has 0 aliphatic carbocycles.